The van der Waals surface area contributed by atoms with Gasteiger partial charge in [0.2, 0.25) is 0 Å². The van der Waals surface area contributed by atoms with Crippen LogP contribution in [0.4, 0.5) is 0 Å². The molecule has 0 aliphatic rings. The van der Waals surface area contributed by atoms with Gasteiger partial charge in [-0.2, -0.15) is 0 Å². The third-order valence-electron chi connectivity index (χ3n) is 2.04. The fourth-order valence-corrected chi connectivity index (χ4v) is 1.30. The molecule has 0 aliphatic carbocycles. The maximum Gasteiger partial charge on any atom is 0.199 e. The van der Waals surface area contributed by atoms with Gasteiger partial charge in [-0.3, -0.25) is 0 Å². The summed E-state index contributed by atoms with van der Waals surface area (Å²) in [5.41, 5.74) is 1.20. The zero-order chi connectivity index (χ0) is 12.4. The lowest BCUT2D eigenvalue weighted by Gasteiger charge is -2.16. The average Bonchev–Trinajstić information content (AvgIpc) is 2.31. The summed E-state index contributed by atoms with van der Waals surface area (Å²) in [6, 6.07) is 8.01. The summed E-state index contributed by atoms with van der Waals surface area (Å²) in [7, 11) is 1.68. The summed E-state index contributed by atoms with van der Waals surface area (Å²) in [4.78, 5) is 0. The highest BCUT2D eigenvalue weighted by atomic mass is 16.7. The topological polar surface area (TPSA) is 18.5 Å². The Bertz CT molecular complexity index is 271. The zero-order valence-electron chi connectivity index (χ0n) is 11.1. The smallest absolute Gasteiger partial charge is 0.199 e. The Morgan fingerprint density at radius 3 is 2.44 bits per heavy atom. The van der Waals surface area contributed by atoms with E-state index in [0.717, 1.165) is 18.6 Å². The van der Waals surface area contributed by atoms with Crippen molar-refractivity contribution in [3.63, 3.8) is 0 Å². The molecule has 0 heterocycles. The van der Waals surface area contributed by atoms with Crippen LogP contribution in [0.15, 0.2) is 24.3 Å². The van der Waals surface area contributed by atoms with Crippen LogP contribution in [0.1, 0.15) is 39.2 Å². The van der Waals surface area contributed by atoms with Gasteiger partial charge in [-0.15, -0.1) is 0 Å². The third kappa shape index (κ3) is 5.76. The first-order valence-electron chi connectivity index (χ1n) is 6.02. The zero-order valence-corrected chi connectivity index (χ0v) is 11.1. The second-order valence-corrected chi connectivity index (χ2v) is 3.39. The molecule has 0 bridgehead atoms. The number of ether oxygens (including phenoxy) is 2. The van der Waals surface area contributed by atoms with Crippen LogP contribution in [0.2, 0.25) is 0 Å². The van der Waals surface area contributed by atoms with Crippen LogP contribution in [0.5, 0.6) is 5.75 Å². The number of aryl methyl sites for hydroxylation is 1. The molecular formula is C14H24O2. The molecule has 0 amide bonds. The average molecular weight is 224 g/mol. The molecule has 0 radical (unpaired) electrons. The fraction of sp³-hybridized carbons (Fsp3) is 0.571. The van der Waals surface area contributed by atoms with E-state index in [9.17, 15) is 0 Å². The largest absolute Gasteiger partial charge is 0.465 e. The summed E-state index contributed by atoms with van der Waals surface area (Å²) < 4.78 is 10.9. The first-order valence-corrected chi connectivity index (χ1v) is 6.02. The van der Waals surface area contributed by atoms with Crippen LogP contribution < -0.4 is 4.74 Å². The number of benzene rings is 1. The molecule has 0 saturated carbocycles. The molecular weight excluding hydrogens is 200 g/mol. The maximum absolute atomic E-state index is 5.66. The van der Waals surface area contributed by atoms with Crippen LogP contribution in [0.25, 0.3) is 0 Å². The highest BCUT2D eigenvalue weighted by molar-refractivity contribution is 5.27. The van der Waals surface area contributed by atoms with Crippen LogP contribution >= 0.6 is 0 Å². The fourth-order valence-electron chi connectivity index (χ4n) is 1.30. The Kier molecular flexibility index (Phi) is 8.64. The molecule has 0 aromatic heterocycles. The summed E-state index contributed by atoms with van der Waals surface area (Å²) in [6.07, 6.45) is 1.86. The lowest BCUT2D eigenvalue weighted by atomic mass is 10.2. The van der Waals surface area contributed by atoms with E-state index in [1.807, 2.05) is 32.0 Å². The lowest BCUT2D eigenvalue weighted by molar-refractivity contribution is -0.0584. The van der Waals surface area contributed by atoms with Crippen LogP contribution in [-0.2, 0) is 4.74 Å². The lowest BCUT2D eigenvalue weighted by Crippen LogP contribution is -2.18. The molecule has 0 spiro atoms. The van der Waals surface area contributed by atoms with Crippen LogP contribution in [0.3, 0.4) is 0 Å². The highest BCUT2D eigenvalue weighted by Gasteiger charge is 2.06. The SMILES string of the molecule is CC.CCCC(OC)Oc1cccc(C)c1. The Morgan fingerprint density at radius 2 is 1.94 bits per heavy atom. The molecule has 1 atom stereocenters. The first-order chi connectivity index (χ1) is 7.76. The molecule has 2 nitrogen and oxygen atoms in total. The van der Waals surface area contributed by atoms with E-state index in [1.54, 1.807) is 7.11 Å². The van der Waals surface area contributed by atoms with Gasteiger partial charge in [0.1, 0.15) is 5.75 Å². The van der Waals surface area contributed by atoms with Gasteiger partial charge in [0.05, 0.1) is 0 Å². The minimum atomic E-state index is -0.123. The van der Waals surface area contributed by atoms with Crippen molar-refractivity contribution in [3.05, 3.63) is 29.8 Å². The van der Waals surface area contributed by atoms with Gasteiger partial charge in [-0.25, -0.2) is 0 Å². The van der Waals surface area contributed by atoms with Gasteiger partial charge >= 0.3 is 0 Å². The summed E-state index contributed by atoms with van der Waals surface area (Å²) in [5.74, 6) is 0.880. The molecule has 0 aliphatic heterocycles. The van der Waals surface area contributed by atoms with E-state index in [2.05, 4.69) is 19.9 Å². The van der Waals surface area contributed by atoms with E-state index in [-0.39, 0.29) is 6.29 Å². The molecule has 92 valence electrons. The van der Waals surface area contributed by atoms with Crippen molar-refractivity contribution in [2.24, 2.45) is 0 Å². The van der Waals surface area contributed by atoms with Gasteiger partial charge in [-0.05, 0) is 24.6 Å². The minimum Gasteiger partial charge on any atom is -0.465 e. The second kappa shape index (κ2) is 9.22. The molecule has 0 saturated heterocycles. The van der Waals surface area contributed by atoms with E-state index in [4.69, 9.17) is 9.47 Å². The Hall–Kier alpha value is -1.02. The van der Waals surface area contributed by atoms with E-state index in [0.29, 0.717) is 0 Å². The number of rotatable bonds is 5. The molecule has 1 rings (SSSR count). The van der Waals surface area contributed by atoms with Crippen molar-refractivity contribution in [1.29, 1.82) is 0 Å². The minimum absolute atomic E-state index is 0.123. The number of hydrogen-bond donors (Lipinski definition) is 0. The molecule has 1 unspecified atom stereocenters. The predicted molar refractivity (Wildman–Crippen MR) is 68.9 cm³/mol. The van der Waals surface area contributed by atoms with Crippen molar-refractivity contribution in [3.8, 4) is 5.75 Å². The van der Waals surface area contributed by atoms with Crippen molar-refractivity contribution in [2.75, 3.05) is 7.11 Å². The molecule has 1 aromatic rings. The van der Waals surface area contributed by atoms with Crippen LogP contribution in [-0.4, -0.2) is 13.4 Å². The molecule has 0 N–H and O–H groups in total. The number of methoxy groups -OCH3 is 1. The van der Waals surface area contributed by atoms with E-state index < -0.39 is 0 Å². The molecule has 1 aromatic carbocycles. The van der Waals surface area contributed by atoms with Gasteiger partial charge in [0.15, 0.2) is 6.29 Å². The van der Waals surface area contributed by atoms with Crippen molar-refractivity contribution in [2.45, 2.75) is 46.8 Å². The van der Waals surface area contributed by atoms with E-state index in [1.165, 1.54) is 5.56 Å². The second-order valence-electron chi connectivity index (χ2n) is 3.39. The highest BCUT2D eigenvalue weighted by Crippen LogP contribution is 2.16. The van der Waals surface area contributed by atoms with E-state index >= 15 is 0 Å². The van der Waals surface area contributed by atoms with Crippen molar-refractivity contribution >= 4 is 0 Å². The first kappa shape index (κ1) is 15.0. The quantitative estimate of drug-likeness (QED) is 0.699. The third-order valence-corrected chi connectivity index (χ3v) is 2.04. The number of hydrogen-bond acceptors (Lipinski definition) is 2. The van der Waals surface area contributed by atoms with Gasteiger partial charge in [0.25, 0.3) is 0 Å². The summed E-state index contributed by atoms with van der Waals surface area (Å²) in [5, 5.41) is 0. The molecule has 0 fully saturated rings. The van der Waals surface area contributed by atoms with Crippen molar-refractivity contribution in [1.82, 2.24) is 0 Å². The Balaban J connectivity index is 0.00000106. The normalized spacial score (nSPS) is 11.3. The van der Waals surface area contributed by atoms with Gasteiger partial charge < -0.3 is 9.47 Å². The molecule has 16 heavy (non-hydrogen) atoms. The van der Waals surface area contributed by atoms with Crippen molar-refractivity contribution < 1.29 is 9.47 Å². The summed E-state index contributed by atoms with van der Waals surface area (Å²) >= 11 is 0. The van der Waals surface area contributed by atoms with Gasteiger partial charge in [-0.1, -0.05) is 39.3 Å². The monoisotopic (exact) mass is 224 g/mol. The maximum atomic E-state index is 5.66. The summed E-state index contributed by atoms with van der Waals surface area (Å²) in [6.45, 7) is 8.17. The Labute approximate surface area is 99.6 Å². The Morgan fingerprint density at radius 1 is 1.25 bits per heavy atom. The van der Waals surface area contributed by atoms with Crippen LogP contribution in [0, 0.1) is 6.92 Å². The standard InChI is InChI=1S/C12H18O2.C2H6/c1-4-6-12(13-3)14-11-8-5-7-10(2)9-11;1-2/h5,7-9,12H,4,6H2,1-3H3;1-2H3. The predicted octanol–water partition coefficient (Wildman–Crippen LogP) is 4.17. The molecule has 2 heteroatoms. The van der Waals surface area contributed by atoms with Gasteiger partial charge in [0, 0.05) is 13.5 Å².